The first kappa shape index (κ1) is 16.4. The first-order valence-corrected chi connectivity index (χ1v) is 8.65. The lowest BCUT2D eigenvalue weighted by Gasteiger charge is -2.36. The first-order valence-electron chi connectivity index (χ1n) is 8.65. The molecule has 0 aromatic rings. The SMILES string of the molecule is CC1=C[C@H](OC=C2C(=O)O[C@@H]3C4=C(C[C@H]23)[C@@H](O)CCC4(C)C)OC1=O. The van der Waals surface area contributed by atoms with Crippen molar-refractivity contribution >= 4 is 11.9 Å². The van der Waals surface area contributed by atoms with Gasteiger partial charge in [0, 0.05) is 17.6 Å². The Bertz CT molecular complexity index is 741. The molecule has 4 atom stereocenters. The maximum atomic E-state index is 12.3. The molecule has 6 nitrogen and oxygen atoms in total. The molecule has 0 saturated carbocycles. The average Bonchev–Trinajstić information content (AvgIpc) is 3.15. The topological polar surface area (TPSA) is 82.1 Å². The van der Waals surface area contributed by atoms with E-state index in [9.17, 15) is 14.7 Å². The Labute approximate surface area is 146 Å². The van der Waals surface area contributed by atoms with Crippen molar-refractivity contribution in [2.24, 2.45) is 11.3 Å². The summed E-state index contributed by atoms with van der Waals surface area (Å²) in [6.45, 7) is 5.92. The summed E-state index contributed by atoms with van der Waals surface area (Å²) in [7, 11) is 0. The largest absolute Gasteiger partial charge is 0.458 e. The summed E-state index contributed by atoms with van der Waals surface area (Å²) in [6, 6.07) is 0. The molecule has 0 amide bonds. The van der Waals surface area contributed by atoms with Gasteiger partial charge in [-0.3, -0.25) is 0 Å². The van der Waals surface area contributed by atoms with Crippen LogP contribution < -0.4 is 0 Å². The summed E-state index contributed by atoms with van der Waals surface area (Å²) < 4.78 is 16.1. The second-order valence-electron chi connectivity index (χ2n) is 7.85. The van der Waals surface area contributed by atoms with Crippen LogP contribution in [0.3, 0.4) is 0 Å². The van der Waals surface area contributed by atoms with Gasteiger partial charge in [-0.15, -0.1) is 0 Å². The van der Waals surface area contributed by atoms with Crippen molar-refractivity contribution in [3.05, 3.63) is 34.6 Å². The van der Waals surface area contributed by atoms with Gasteiger partial charge in [-0.05, 0) is 42.7 Å². The maximum Gasteiger partial charge on any atom is 0.338 e. The summed E-state index contributed by atoms with van der Waals surface area (Å²) in [4.78, 5) is 23.7. The molecule has 6 heteroatoms. The van der Waals surface area contributed by atoms with Gasteiger partial charge in [-0.2, -0.15) is 0 Å². The number of carbonyl (C=O) groups excluding carboxylic acids is 2. The van der Waals surface area contributed by atoms with E-state index < -0.39 is 24.3 Å². The molecule has 2 heterocycles. The third-order valence-electron chi connectivity index (χ3n) is 5.74. The number of carbonyl (C=O) groups is 2. The van der Waals surface area contributed by atoms with Gasteiger partial charge in [-0.1, -0.05) is 13.8 Å². The monoisotopic (exact) mass is 346 g/mol. The van der Waals surface area contributed by atoms with Crippen molar-refractivity contribution in [3.63, 3.8) is 0 Å². The lowest BCUT2D eigenvalue weighted by Crippen LogP contribution is -2.31. The minimum absolute atomic E-state index is 0.0919. The zero-order chi connectivity index (χ0) is 17.9. The smallest absolute Gasteiger partial charge is 0.338 e. The van der Waals surface area contributed by atoms with Crippen molar-refractivity contribution < 1.29 is 28.9 Å². The summed E-state index contributed by atoms with van der Waals surface area (Å²) >= 11 is 0. The fourth-order valence-electron chi connectivity index (χ4n) is 4.38. The van der Waals surface area contributed by atoms with Gasteiger partial charge in [0.25, 0.3) is 6.29 Å². The number of cyclic esters (lactones) is 1. The molecule has 25 heavy (non-hydrogen) atoms. The fourth-order valence-corrected chi connectivity index (χ4v) is 4.38. The molecule has 1 saturated heterocycles. The van der Waals surface area contributed by atoms with E-state index in [1.54, 1.807) is 13.0 Å². The highest BCUT2D eigenvalue weighted by Gasteiger charge is 2.53. The fraction of sp³-hybridized carbons (Fsp3) is 0.579. The highest BCUT2D eigenvalue weighted by Crippen LogP contribution is 2.54. The van der Waals surface area contributed by atoms with Gasteiger partial charge in [0.1, 0.15) is 6.10 Å². The van der Waals surface area contributed by atoms with Gasteiger partial charge in [0.2, 0.25) is 0 Å². The average molecular weight is 346 g/mol. The molecule has 0 spiro atoms. The van der Waals surface area contributed by atoms with Crippen LogP contribution >= 0.6 is 0 Å². The Morgan fingerprint density at radius 3 is 2.72 bits per heavy atom. The first-order chi connectivity index (χ1) is 11.8. The zero-order valence-electron chi connectivity index (χ0n) is 14.6. The number of aliphatic hydroxyl groups excluding tert-OH is 1. The summed E-state index contributed by atoms with van der Waals surface area (Å²) in [5.74, 6) is -0.965. The molecular formula is C19H22O6. The Morgan fingerprint density at radius 1 is 1.28 bits per heavy atom. The van der Waals surface area contributed by atoms with E-state index in [4.69, 9.17) is 14.2 Å². The van der Waals surface area contributed by atoms with Crippen LogP contribution in [0.5, 0.6) is 0 Å². The molecule has 0 bridgehead atoms. The second-order valence-corrected chi connectivity index (χ2v) is 7.85. The van der Waals surface area contributed by atoms with Crippen LogP contribution in [0.1, 0.15) is 40.0 Å². The lowest BCUT2D eigenvalue weighted by atomic mass is 9.71. The highest BCUT2D eigenvalue weighted by atomic mass is 16.7. The second kappa shape index (κ2) is 5.46. The molecule has 0 radical (unpaired) electrons. The van der Waals surface area contributed by atoms with Crippen LogP contribution in [-0.2, 0) is 23.8 Å². The van der Waals surface area contributed by atoms with Crippen LogP contribution in [0.4, 0.5) is 0 Å². The van der Waals surface area contributed by atoms with Crippen LogP contribution in [-0.4, -0.2) is 35.5 Å². The summed E-state index contributed by atoms with van der Waals surface area (Å²) in [5.41, 5.74) is 2.91. The van der Waals surface area contributed by atoms with E-state index in [1.165, 1.54) is 6.26 Å². The van der Waals surface area contributed by atoms with Crippen molar-refractivity contribution in [3.8, 4) is 0 Å². The quantitative estimate of drug-likeness (QED) is 0.357. The predicted molar refractivity (Wildman–Crippen MR) is 86.8 cm³/mol. The Morgan fingerprint density at radius 2 is 2.04 bits per heavy atom. The van der Waals surface area contributed by atoms with E-state index in [0.29, 0.717) is 17.6 Å². The molecule has 2 aliphatic heterocycles. The van der Waals surface area contributed by atoms with E-state index >= 15 is 0 Å². The van der Waals surface area contributed by atoms with Crippen molar-refractivity contribution in [2.45, 2.75) is 58.5 Å². The van der Waals surface area contributed by atoms with Gasteiger partial charge in [-0.25, -0.2) is 9.59 Å². The molecule has 2 aliphatic carbocycles. The molecule has 0 aromatic heterocycles. The summed E-state index contributed by atoms with van der Waals surface area (Å²) in [5, 5.41) is 10.4. The molecule has 0 unspecified atom stereocenters. The van der Waals surface area contributed by atoms with E-state index in [1.807, 2.05) is 0 Å². The van der Waals surface area contributed by atoms with Crippen molar-refractivity contribution in [1.82, 2.24) is 0 Å². The van der Waals surface area contributed by atoms with E-state index in [0.717, 1.165) is 24.0 Å². The van der Waals surface area contributed by atoms with Gasteiger partial charge < -0.3 is 19.3 Å². The maximum absolute atomic E-state index is 12.3. The molecule has 0 aromatic carbocycles. The Kier molecular flexibility index (Phi) is 3.58. The number of ether oxygens (including phenoxy) is 3. The van der Waals surface area contributed by atoms with Crippen molar-refractivity contribution in [2.75, 3.05) is 0 Å². The molecule has 1 N–H and O–H groups in total. The Hall–Kier alpha value is -2.08. The van der Waals surface area contributed by atoms with Gasteiger partial charge in [0.15, 0.2) is 0 Å². The number of aliphatic hydroxyl groups is 1. The van der Waals surface area contributed by atoms with Crippen LogP contribution in [0.25, 0.3) is 0 Å². The molecule has 4 rings (SSSR count). The van der Waals surface area contributed by atoms with E-state index in [2.05, 4.69) is 13.8 Å². The number of hydrogen-bond acceptors (Lipinski definition) is 6. The molecule has 1 fully saturated rings. The zero-order valence-corrected chi connectivity index (χ0v) is 14.6. The number of fused-ring (bicyclic) bond motifs is 2. The van der Waals surface area contributed by atoms with Crippen LogP contribution in [0.15, 0.2) is 34.6 Å². The van der Waals surface area contributed by atoms with Crippen LogP contribution in [0.2, 0.25) is 0 Å². The highest BCUT2D eigenvalue weighted by molar-refractivity contribution is 5.92. The number of rotatable bonds is 2. The Balaban J connectivity index is 1.57. The lowest BCUT2D eigenvalue weighted by molar-refractivity contribution is -0.152. The third kappa shape index (κ3) is 2.51. The standard InChI is InChI=1S/C19H22O6/c1-9-6-14(24-17(9)21)23-8-12-10-7-11-13(20)4-5-19(2,3)15(11)16(10)25-18(12)22/h6,8,10,13-14,16,20H,4-5,7H2,1-3H3/t10-,13+,14-,16+/m1/s1. The summed E-state index contributed by atoms with van der Waals surface area (Å²) in [6.07, 6.45) is 3.53. The number of hydrogen-bond donors (Lipinski definition) is 1. The molecule has 134 valence electrons. The van der Waals surface area contributed by atoms with Crippen molar-refractivity contribution in [1.29, 1.82) is 0 Å². The normalized spacial score (nSPS) is 37.6. The predicted octanol–water partition coefficient (Wildman–Crippen LogP) is 2.14. The van der Waals surface area contributed by atoms with Gasteiger partial charge in [0.05, 0.1) is 17.9 Å². The minimum atomic E-state index is -0.808. The third-order valence-corrected chi connectivity index (χ3v) is 5.74. The van der Waals surface area contributed by atoms with Gasteiger partial charge >= 0.3 is 11.9 Å². The minimum Gasteiger partial charge on any atom is -0.458 e. The van der Waals surface area contributed by atoms with Crippen LogP contribution in [0, 0.1) is 11.3 Å². The molecular weight excluding hydrogens is 324 g/mol. The van der Waals surface area contributed by atoms with E-state index in [-0.39, 0.29) is 17.4 Å². The number of esters is 2. The molecule has 4 aliphatic rings.